The molecule has 0 radical (unpaired) electrons. The Labute approximate surface area is 249 Å². The second kappa shape index (κ2) is 8.87. The Kier molecular flexibility index (Phi) is 6.57. The largest absolute Gasteiger partial charge is 0.390 e. The first-order valence-corrected chi connectivity index (χ1v) is 15.9. The third-order valence-corrected chi connectivity index (χ3v) is 12.5. The van der Waals surface area contributed by atoms with Crippen molar-refractivity contribution in [3.8, 4) is 0 Å². The van der Waals surface area contributed by atoms with E-state index in [4.69, 9.17) is 18.9 Å². The molecule has 3 saturated carbocycles. The zero-order valence-electron chi connectivity index (χ0n) is 26.8. The monoisotopic (exact) mass is 592 g/mol. The lowest BCUT2D eigenvalue weighted by atomic mass is 9.43. The van der Waals surface area contributed by atoms with Crippen LogP contribution in [-0.2, 0) is 23.7 Å². The van der Waals surface area contributed by atoms with Crippen molar-refractivity contribution in [2.45, 2.75) is 166 Å². The number of rotatable bonds is 4. The van der Waals surface area contributed by atoms with E-state index in [1.807, 2.05) is 20.8 Å². The predicted molar refractivity (Wildman–Crippen MR) is 153 cm³/mol. The number of ether oxygens (including phenoxy) is 4. The van der Waals surface area contributed by atoms with Crippen LogP contribution in [0.3, 0.4) is 0 Å². The van der Waals surface area contributed by atoms with Gasteiger partial charge in [-0.1, -0.05) is 13.8 Å². The first-order chi connectivity index (χ1) is 19.0. The van der Waals surface area contributed by atoms with E-state index in [-0.39, 0.29) is 24.4 Å². The summed E-state index contributed by atoms with van der Waals surface area (Å²) in [4.78, 5) is 13.9. The smallest absolute Gasteiger partial charge is 0.188 e. The predicted octanol–water partition coefficient (Wildman–Crippen LogP) is 3.54. The zero-order valence-corrected chi connectivity index (χ0v) is 26.8. The third-order valence-electron chi connectivity index (χ3n) is 12.5. The van der Waals surface area contributed by atoms with Crippen LogP contribution in [0, 0.1) is 22.7 Å². The quantitative estimate of drug-likeness (QED) is 0.387. The van der Waals surface area contributed by atoms with Crippen LogP contribution in [0.4, 0.5) is 0 Å². The van der Waals surface area contributed by atoms with Crippen molar-refractivity contribution in [3.05, 3.63) is 11.6 Å². The molecule has 0 aromatic heterocycles. The maximum absolute atomic E-state index is 13.9. The lowest BCUT2D eigenvalue weighted by molar-refractivity contribution is -0.233. The third kappa shape index (κ3) is 4.00. The summed E-state index contributed by atoms with van der Waals surface area (Å²) in [5.74, 6) is -2.71. The van der Waals surface area contributed by atoms with E-state index < -0.39 is 68.9 Å². The molecule has 5 fully saturated rings. The number of aliphatic hydroxyl groups is 4. The van der Waals surface area contributed by atoms with Crippen LogP contribution in [0.25, 0.3) is 0 Å². The van der Waals surface area contributed by atoms with Gasteiger partial charge in [0.25, 0.3) is 0 Å². The number of hydrogen-bond acceptors (Lipinski definition) is 9. The number of carbonyl (C=O) groups is 1. The Morgan fingerprint density at radius 3 is 2.24 bits per heavy atom. The molecule has 2 aliphatic heterocycles. The van der Waals surface area contributed by atoms with Gasteiger partial charge >= 0.3 is 0 Å². The van der Waals surface area contributed by atoms with Crippen LogP contribution in [0.5, 0.6) is 0 Å². The molecule has 0 aromatic carbocycles. The highest BCUT2D eigenvalue weighted by Gasteiger charge is 2.76. The normalized spacial score (nSPS) is 52.8. The highest BCUT2D eigenvalue weighted by molar-refractivity contribution is 6.00. The van der Waals surface area contributed by atoms with Gasteiger partial charge in [-0.15, -0.1) is 0 Å². The summed E-state index contributed by atoms with van der Waals surface area (Å²) in [5.41, 5.74) is -5.79. The SMILES string of the molecule is CC(C)(O)CC[C@@H]1OC(C)(C)O[C@]1(C)C1CC[C@@]2(O)C3=CC(=O)[C@]4(O)C[C@@H](O)[C@H]5OC(C)(C)O[C@H]5[C@]4(C)C3CC[C@]12C. The van der Waals surface area contributed by atoms with E-state index in [0.29, 0.717) is 44.1 Å². The summed E-state index contributed by atoms with van der Waals surface area (Å²) in [6.45, 7) is 17.1. The van der Waals surface area contributed by atoms with Crippen LogP contribution in [-0.4, -0.2) is 84.6 Å². The van der Waals surface area contributed by atoms with Crippen LogP contribution in [0.1, 0.15) is 107 Å². The fourth-order valence-corrected chi connectivity index (χ4v) is 10.5. The molecule has 2 unspecified atom stereocenters. The summed E-state index contributed by atoms with van der Waals surface area (Å²) >= 11 is 0. The van der Waals surface area contributed by atoms with Gasteiger partial charge in [0.1, 0.15) is 11.7 Å². The highest BCUT2D eigenvalue weighted by Crippen LogP contribution is 2.71. The van der Waals surface area contributed by atoms with Gasteiger partial charge in [-0.25, -0.2) is 0 Å². The van der Waals surface area contributed by atoms with E-state index >= 15 is 0 Å². The van der Waals surface area contributed by atoms with Gasteiger partial charge < -0.3 is 39.4 Å². The number of ketones is 1. The molecular formula is C33H52O9. The molecule has 0 spiro atoms. The summed E-state index contributed by atoms with van der Waals surface area (Å²) in [5, 5.41) is 46.4. The Morgan fingerprint density at radius 2 is 1.60 bits per heavy atom. The van der Waals surface area contributed by atoms with Crippen LogP contribution < -0.4 is 0 Å². The highest BCUT2D eigenvalue weighted by atomic mass is 16.8. The molecule has 9 nitrogen and oxygen atoms in total. The van der Waals surface area contributed by atoms with Crippen LogP contribution >= 0.6 is 0 Å². The molecule has 6 aliphatic rings. The van der Waals surface area contributed by atoms with Gasteiger partial charge in [0.05, 0.1) is 35.1 Å². The van der Waals surface area contributed by atoms with Crippen molar-refractivity contribution >= 4 is 5.78 Å². The Balaban J connectivity index is 1.40. The number of fused-ring (bicyclic) bond motifs is 7. The van der Waals surface area contributed by atoms with Crippen molar-refractivity contribution in [1.82, 2.24) is 0 Å². The molecule has 6 rings (SSSR count). The molecule has 4 aliphatic carbocycles. The Hall–Kier alpha value is -0.910. The first-order valence-electron chi connectivity index (χ1n) is 15.9. The molecular weight excluding hydrogens is 540 g/mol. The van der Waals surface area contributed by atoms with Crippen molar-refractivity contribution in [2.75, 3.05) is 0 Å². The van der Waals surface area contributed by atoms with Crippen molar-refractivity contribution in [2.24, 2.45) is 22.7 Å². The molecule has 0 aromatic rings. The van der Waals surface area contributed by atoms with E-state index in [2.05, 4.69) is 13.8 Å². The van der Waals surface area contributed by atoms with E-state index in [1.54, 1.807) is 27.7 Å². The maximum atomic E-state index is 13.9. The van der Waals surface area contributed by atoms with E-state index in [1.165, 1.54) is 6.08 Å². The standard InChI is InChI=1S/C33H52O9/c1-26(2,36)13-12-23-31(9,42-28(5,6)39-23)21-11-15-32(37)19-16-22(35)33(38)17-20(34)24-25(41-27(3,4)40-24)30(33,8)18(19)10-14-29(21,32)7/h16,18,20-21,23-25,34,36-38H,10-15,17H2,1-9H3/t18?,20-,21?,23+,24-,25-,29-,30+,31-,32-,33-/m1/s1. The summed E-state index contributed by atoms with van der Waals surface area (Å²) < 4.78 is 25.7. The van der Waals surface area contributed by atoms with Gasteiger partial charge in [-0.3, -0.25) is 4.79 Å². The molecule has 2 heterocycles. The fourth-order valence-electron chi connectivity index (χ4n) is 10.5. The minimum atomic E-state index is -1.84. The molecule has 0 amide bonds. The Morgan fingerprint density at radius 1 is 0.929 bits per heavy atom. The maximum Gasteiger partial charge on any atom is 0.188 e. The number of aliphatic hydroxyl groups excluding tert-OH is 1. The molecule has 11 atom stereocenters. The minimum Gasteiger partial charge on any atom is -0.390 e. The second-order valence-electron chi connectivity index (χ2n) is 16.5. The number of carbonyl (C=O) groups excluding carboxylic acids is 1. The summed E-state index contributed by atoms with van der Waals surface area (Å²) in [7, 11) is 0. The van der Waals surface area contributed by atoms with Gasteiger partial charge in [-0.2, -0.15) is 0 Å². The van der Waals surface area contributed by atoms with Crippen molar-refractivity contribution < 1.29 is 44.2 Å². The molecule has 0 bridgehead atoms. The zero-order chi connectivity index (χ0) is 31.1. The average molecular weight is 593 g/mol. The topological polar surface area (TPSA) is 135 Å². The number of hydrogen-bond donors (Lipinski definition) is 4. The molecule has 9 heteroatoms. The Bertz CT molecular complexity index is 1190. The minimum absolute atomic E-state index is 0.0833. The summed E-state index contributed by atoms with van der Waals surface area (Å²) in [6, 6.07) is 0. The van der Waals surface area contributed by atoms with Crippen molar-refractivity contribution in [3.63, 3.8) is 0 Å². The molecule has 4 N–H and O–H groups in total. The molecule has 2 saturated heterocycles. The van der Waals surface area contributed by atoms with Crippen molar-refractivity contribution in [1.29, 1.82) is 0 Å². The lowest BCUT2D eigenvalue weighted by Crippen LogP contribution is -2.73. The average Bonchev–Trinajstić information content (AvgIpc) is 3.41. The molecule has 42 heavy (non-hydrogen) atoms. The second-order valence-corrected chi connectivity index (χ2v) is 16.5. The van der Waals surface area contributed by atoms with Gasteiger partial charge in [0.15, 0.2) is 17.4 Å². The van der Waals surface area contributed by atoms with Gasteiger partial charge in [0.2, 0.25) is 0 Å². The summed E-state index contributed by atoms with van der Waals surface area (Å²) in [6.07, 6.45) is 2.19. The van der Waals surface area contributed by atoms with Gasteiger partial charge in [0, 0.05) is 17.3 Å². The fraction of sp³-hybridized carbons (Fsp3) is 0.909. The van der Waals surface area contributed by atoms with Crippen LogP contribution in [0.2, 0.25) is 0 Å². The van der Waals surface area contributed by atoms with Crippen LogP contribution in [0.15, 0.2) is 11.6 Å². The molecule has 238 valence electrons. The van der Waals surface area contributed by atoms with E-state index in [9.17, 15) is 25.2 Å². The lowest BCUT2D eigenvalue weighted by Gasteiger charge is -2.64. The first kappa shape index (κ1) is 31.1. The van der Waals surface area contributed by atoms with Gasteiger partial charge in [-0.05, 0) is 110 Å². The van der Waals surface area contributed by atoms with E-state index in [0.717, 1.165) is 0 Å².